The number of halogens is 1. The second-order valence-electron chi connectivity index (χ2n) is 4.29. The van der Waals surface area contributed by atoms with Gasteiger partial charge in [-0.3, -0.25) is 9.59 Å². The standard InChI is InChI=1S/C14H19ClN2O2/c1-4-13(18)17(10(2)14(19)16-3)9-11-5-7-12(15)8-6-11/h5-8,10H,4,9H2,1-3H3,(H,16,19)/t10-/m1/s1. The fraction of sp³-hybridized carbons (Fsp3) is 0.429. The van der Waals surface area contributed by atoms with Gasteiger partial charge in [0.25, 0.3) is 0 Å². The number of carbonyl (C=O) groups excluding carboxylic acids is 2. The molecule has 0 heterocycles. The Morgan fingerprint density at radius 1 is 1.32 bits per heavy atom. The van der Waals surface area contributed by atoms with Crippen LogP contribution in [0.3, 0.4) is 0 Å². The zero-order valence-electron chi connectivity index (χ0n) is 11.4. The Hall–Kier alpha value is -1.55. The van der Waals surface area contributed by atoms with Crippen LogP contribution in [0.2, 0.25) is 5.02 Å². The molecule has 0 bridgehead atoms. The number of benzene rings is 1. The molecule has 1 aromatic carbocycles. The van der Waals surface area contributed by atoms with Crippen molar-refractivity contribution in [3.8, 4) is 0 Å². The molecule has 0 unspecified atom stereocenters. The van der Waals surface area contributed by atoms with Crippen molar-refractivity contribution in [2.45, 2.75) is 32.9 Å². The predicted octanol–water partition coefficient (Wildman–Crippen LogP) is 2.21. The van der Waals surface area contributed by atoms with Gasteiger partial charge in [0.15, 0.2) is 0 Å². The first-order chi connectivity index (χ1) is 8.99. The van der Waals surface area contributed by atoms with Gasteiger partial charge in [-0.2, -0.15) is 0 Å². The molecule has 0 spiro atoms. The molecule has 0 fully saturated rings. The van der Waals surface area contributed by atoms with Gasteiger partial charge in [-0.1, -0.05) is 30.7 Å². The van der Waals surface area contributed by atoms with E-state index in [9.17, 15) is 9.59 Å². The maximum absolute atomic E-state index is 12.0. The molecule has 4 nitrogen and oxygen atoms in total. The van der Waals surface area contributed by atoms with Gasteiger partial charge < -0.3 is 10.2 Å². The number of amides is 2. The Kier molecular flexibility index (Phi) is 5.83. The molecule has 0 aromatic heterocycles. The highest BCUT2D eigenvalue weighted by atomic mass is 35.5. The molecular weight excluding hydrogens is 264 g/mol. The molecule has 0 saturated carbocycles. The van der Waals surface area contributed by atoms with Crippen LogP contribution < -0.4 is 5.32 Å². The SMILES string of the molecule is CCC(=O)N(Cc1ccc(Cl)cc1)[C@H](C)C(=O)NC. The van der Waals surface area contributed by atoms with Gasteiger partial charge in [0, 0.05) is 25.0 Å². The van der Waals surface area contributed by atoms with Crippen LogP contribution in [-0.2, 0) is 16.1 Å². The molecule has 19 heavy (non-hydrogen) atoms. The summed E-state index contributed by atoms with van der Waals surface area (Å²) in [7, 11) is 1.57. The summed E-state index contributed by atoms with van der Waals surface area (Å²) in [5, 5.41) is 3.21. The topological polar surface area (TPSA) is 49.4 Å². The summed E-state index contributed by atoms with van der Waals surface area (Å²) in [6.07, 6.45) is 0.370. The number of nitrogens with one attached hydrogen (secondary N) is 1. The van der Waals surface area contributed by atoms with E-state index in [1.165, 1.54) is 0 Å². The van der Waals surface area contributed by atoms with E-state index in [0.717, 1.165) is 5.56 Å². The van der Waals surface area contributed by atoms with Gasteiger partial charge in [-0.15, -0.1) is 0 Å². The van der Waals surface area contributed by atoms with Crippen LogP contribution in [0.4, 0.5) is 0 Å². The zero-order valence-corrected chi connectivity index (χ0v) is 12.2. The van der Waals surface area contributed by atoms with E-state index in [-0.39, 0.29) is 11.8 Å². The highest BCUT2D eigenvalue weighted by Gasteiger charge is 2.24. The van der Waals surface area contributed by atoms with Crippen molar-refractivity contribution in [2.24, 2.45) is 0 Å². The summed E-state index contributed by atoms with van der Waals surface area (Å²) in [6.45, 7) is 3.91. The fourth-order valence-electron chi connectivity index (χ4n) is 1.78. The molecule has 5 heteroatoms. The predicted molar refractivity (Wildman–Crippen MR) is 75.8 cm³/mol. The quantitative estimate of drug-likeness (QED) is 0.900. The highest BCUT2D eigenvalue weighted by molar-refractivity contribution is 6.30. The number of carbonyl (C=O) groups is 2. The molecule has 1 atom stereocenters. The minimum Gasteiger partial charge on any atom is -0.357 e. The molecule has 1 N–H and O–H groups in total. The Morgan fingerprint density at radius 3 is 2.37 bits per heavy atom. The van der Waals surface area contributed by atoms with Crippen molar-refractivity contribution in [1.29, 1.82) is 0 Å². The van der Waals surface area contributed by atoms with Crippen molar-refractivity contribution in [3.05, 3.63) is 34.9 Å². The molecule has 0 aliphatic rings. The van der Waals surface area contributed by atoms with Gasteiger partial charge in [0.05, 0.1) is 0 Å². The van der Waals surface area contributed by atoms with Crippen LogP contribution in [0.1, 0.15) is 25.8 Å². The Bertz CT molecular complexity index is 445. The summed E-state index contributed by atoms with van der Waals surface area (Å²) in [5.41, 5.74) is 0.946. The number of nitrogens with zero attached hydrogens (tertiary/aromatic N) is 1. The lowest BCUT2D eigenvalue weighted by Crippen LogP contribution is -2.46. The third-order valence-electron chi connectivity index (χ3n) is 2.98. The minimum atomic E-state index is -0.492. The normalized spacial score (nSPS) is 11.8. The highest BCUT2D eigenvalue weighted by Crippen LogP contribution is 2.14. The lowest BCUT2D eigenvalue weighted by atomic mass is 10.1. The zero-order chi connectivity index (χ0) is 14.4. The number of rotatable bonds is 5. The smallest absolute Gasteiger partial charge is 0.242 e. The first-order valence-corrected chi connectivity index (χ1v) is 6.62. The molecule has 1 rings (SSSR count). The van der Waals surface area contributed by atoms with Gasteiger partial charge >= 0.3 is 0 Å². The Balaban J connectivity index is 2.89. The van der Waals surface area contributed by atoms with E-state index in [0.29, 0.717) is 18.0 Å². The van der Waals surface area contributed by atoms with Gasteiger partial charge in [-0.05, 0) is 24.6 Å². The lowest BCUT2D eigenvalue weighted by molar-refractivity contribution is -0.140. The van der Waals surface area contributed by atoms with Gasteiger partial charge in [0.1, 0.15) is 6.04 Å². The summed E-state index contributed by atoms with van der Waals surface area (Å²) < 4.78 is 0. The van der Waals surface area contributed by atoms with Gasteiger partial charge in [0.2, 0.25) is 11.8 Å². The molecule has 0 saturated heterocycles. The summed E-state index contributed by atoms with van der Waals surface area (Å²) in [4.78, 5) is 25.2. The second kappa shape index (κ2) is 7.14. The van der Waals surface area contributed by atoms with Crippen molar-refractivity contribution < 1.29 is 9.59 Å². The molecule has 104 valence electrons. The van der Waals surface area contributed by atoms with E-state index in [1.807, 2.05) is 12.1 Å². The second-order valence-corrected chi connectivity index (χ2v) is 4.73. The molecular formula is C14H19ClN2O2. The van der Waals surface area contributed by atoms with Crippen molar-refractivity contribution in [3.63, 3.8) is 0 Å². The van der Waals surface area contributed by atoms with Crippen LogP contribution in [0.15, 0.2) is 24.3 Å². The first kappa shape index (κ1) is 15.5. The molecule has 0 radical (unpaired) electrons. The number of hydrogen-bond acceptors (Lipinski definition) is 2. The van der Waals surface area contributed by atoms with E-state index in [1.54, 1.807) is 37.9 Å². The van der Waals surface area contributed by atoms with E-state index >= 15 is 0 Å². The summed E-state index contributed by atoms with van der Waals surface area (Å²) in [5.74, 6) is -0.221. The number of likely N-dealkylation sites (N-methyl/N-ethyl adjacent to an activating group) is 1. The maximum atomic E-state index is 12.0. The largest absolute Gasteiger partial charge is 0.357 e. The van der Waals surface area contributed by atoms with Gasteiger partial charge in [-0.25, -0.2) is 0 Å². The lowest BCUT2D eigenvalue weighted by Gasteiger charge is -2.28. The fourth-order valence-corrected chi connectivity index (χ4v) is 1.91. The van der Waals surface area contributed by atoms with E-state index in [2.05, 4.69) is 5.32 Å². The summed E-state index contributed by atoms with van der Waals surface area (Å²) in [6, 6.07) is 6.77. The average molecular weight is 283 g/mol. The average Bonchev–Trinajstić information content (AvgIpc) is 2.44. The van der Waals surface area contributed by atoms with E-state index in [4.69, 9.17) is 11.6 Å². The van der Waals surface area contributed by atoms with Crippen LogP contribution in [-0.4, -0.2) is 29.8 Å². The van der Waals surface area contributed by atoms with Crippen LogP contribution in [0.25, 0.3) is 0 Å². The third kappa shape index (κ3) is 4.24. The Morgan fingerprint density at radius 2 is 1.89 bits per heavy atom. The number of hydrogen-bond donors (Lipinski definition) is 1. The first-order valence-electron chi connectivity index (χ1n) is 6.25. The maximum Gasteiger partial charge on any atom is 0.242 e. The van der Waals surface area contributed by atoms with Crippen molar-refractivity contribution in [1.82, 2.24) is 10.2 Å². The minimum absolute atomic E-state index is 0.0500. The third-order valence-corrected chi connectivity index (χ3v) is 3.23. The molecule has 0 aliphatic carbocycles. The summed E-state index contributed by atoms with van der Waals surface area (Å²) >= 11 is 5.83. The Labute approximate surface area is 118 Å². The van der Waals surface area contributed by atoms with E-state index < -0.39 is 6.04 Å². The van der Waals surface area contributed by atoms with Crippen molar-refractivity contribution >= 4 is 23.4 Å². The van der Waals surface area contributed by atoms with Crippen LogP contribution >= 0.6 is 11.6 Å². The molecule has 0 aliphatic heterocycles. The van der Waals surface area contributed by atoms with Crippen LogP contribution in [0.5, 0.6) is 0 Å². The van der Waals surface area contributed by atoms with Crippen molar-refractivity contribution in [2.75, 3.05) is 7.05 Å². The molecule has 2 amide bonds. The van der Waals surface area contributed by atoms with Crippen LogP contribution in [0, 0.1) is 0 Å². The molecule has 1 aromatic rings. The monoisotopic (exact) mass is 282 g/mol.